The lowest BCUT2D eigenvalue weighted by Crippen LogP contribution is -2.37. The van der Waals surface area contributed by atoms with Gasteiger partial charge in [-0.1, -0.05) is 49.6 Å². The number of benzene rings is 1. The molecule has 1 saturated carbocycles. The first-order chi connectivity index (χ1) is 10.3. The van der Waals surface area contributed by atoms with Gasteiger partial charge >= 0.3 is 0 Å². The molecule has 5 nitrogen and oxygen atoms in total. The predicted molar refractivity (Wildman–Crippen MR) is 80.5 cm³/mol. The fourth-order valence-electron chi connectivity index (χ4n) is 2.77. The maximum atomic E-state index is 12.0. The summed E-state index contributed by atoms with van der Waals surface area (Å²) in [6.07, 6.45) is 6.16. The van der Waals surface area contributed by atoms with Crippen LogP contribution in [-0.4, -0.2) is 27.1 Å². The number of rotatable bonds is 4. The van der Waals surface area contributed by atoms with Crippen molar-refractivity contribution in [3.63, 3.8) is 0 Å². The number of nitrogens with one attached hydrogen (secondary N) is 2. The minimum absolute atomic E-state index is 0.0256. The van der Waals surface area contributed by atoms with Crippen molar-refractivity contribution in [3.8, 4) is 11.4 Å². The lowest BCUT2D eigenvalue weighted by Gasteiger charge is -2.22. The Morgan fingerprint density at radius 2 is 1.95 bits per heavy atom. The Morgan fingerprint density at radius 1 is 1.19 bits per heavy atom. The predicted octanol–water partition coefficient (Wildman–Crippen LogP) is 2.46. The molecule has 1 aliphatic carbocycles. The summed E-state index contributed by atoms with van der Waals surface area (Å²) >= 11 is 0. The second-order valence-corrected chi connectivity index (χ2v) is 5.55. The molecule has 21 heavy (non-hydrogen) atoms. The molecule has 0 saturated heterocycles. The standard InChI is InChI=1S/C16H20N4O/c21-15(17-13-9-5-2-6-10-13)11-14-18-16(20-19-14)12-7-3-1-4-8-12/h1,3-4,7-8,13H,2,5-6,9-11H2,(H,17,21)(H,18,19,20). The molecule has 0 atom stereocenters. The van der Waals surface area contributed by atoms with Crippen molar-refractivity contribution in [2.45, 2.75) is 44.6 Å². The van der Waals surface area contributed by atoms with E-state index in [4.69, 9.17) is 0 Å². The van der Waals surface area contributed by atoms with Gasteiger partial charge in [0.15, 0.2) is 5.82 Å². The van der Waals surface area contributed by atoms with Crippen LogP contribution in [0.1, 0.15) is 37.9 Å². The third-order valence-electron chi connectivity index (χ3n) is 3.86. The van der Waals surface area contributed by atoms with Crippen LogP contribution < -0.4 is 5.32 Å². The molecule has 0 aliphatic heterocycles. The molecule has 1 aliphatic rings. The largest absolute Gasteiger partial charge is 0.353 e. The first-order valence-electron chi connectivity index (χ1n) is 7.57. The zero-order valence-electron chi connectivity index (χ0n) is 12.0. The van der Waals surface area contributed by atoms with E-state index in [-0.39, 0.29) is 12.3 Å². The monoisotopic (exact) mass is 284 g/mol. The highest BCUT2D eigenvalue weighted by atomic mass is 16.1. The summed E-state index contributed by atoms with van der Waals surface area (Å²) in [5.41, 5.74) is 0.952. The molecule has 2 N–H and O–H groups in total. The molecule has 110 valence electrons. The van der Waals surface area contributed by atoms with Crippen LogP contribution >= 0.6 is 0 Å². The van der Waals surface area contributed by atoms with Gasteiger partial charge in [0.2, 0.25) is 5.91 Å². The minimum atomic E-state index is 0.0256. The smallest absolute Gasteiger partial charge is 0.227 e. The SMILES string of the molecule is O=C(Cc1nc(-c2ccccc2)n[nH]1)NC1CCCCC1. The molecular formula is C16H20N4O. The van der Waals surface area contributed by atoms with Crippen LogP contribution in [0.5, 0.6) is 0 Å². The Morgan fingerprint density at radius 3 is 2.71 bits per heavy atom. The molecule has 0 unspecified atom stereocenters. The van der Waals surface area contributed by atoms with Gasteiger partial charge in [-0.15, -0.1) is 0 Å². The van der Waals surface area contributed by atoms with E-state index in [9.17, 15) is 4.79 Å². The van der Waals surface area contributed by atoms with Gasteiger partial charge in [0, 0.05) is 11.6 Å². The molecule has 0 radical (unpaired) electrons. The first kappa shape index (κ1) is 13.8. The van der Waals surface area contributed by atoms with Crippen LogP contribution in [0, 0.1) is 0 Å². The summed E-state index contributed by atoms with van der Waals surface area (Å²) in [5, 5.41) is 10.1. The van der Waals surface area contributed by atoms with Gasteiger partial charge < -0.3 is 5.32 Å². The number of aromatic nitrogens is 3. The van der Waals surface area contributed by atoms with Gasteiger partial charge in [0.25, 0.3) is 0 Å². The number of H-pyrrole nitrogens is 1. The Labute approximate surface area is 124 Å². The van der Waals surface area contributed by atoms with Crippen LogP contribution in [0.25, 0.3) is 11.4 Å². The molecule has 5 heteroatoms. The number of hydrogen-bond donors (Lipinski definition) is 2. The van der Waals surface area contributed by atoms with Gasteiger partial charge in [-0.2, -0.15) is 5.10 Å². The first-order valence-corrected chi connectivity index (χ1v) is 7.57. The second-order valence-electron chi connectivity index (χ2n) is 5.55. The van der Waals surface area contributed by atoms with Crippen LogP contribution in [0.2, 0.25) is 0 Å². The van der Waals surface area contributed by atoms with Gasteiger partial charge in [-0.05, 0) is 12.8 Å². The topological polar surface area (TPSA) is 70.7 Å². The molecule has 2 aromatic rings. The van der Waals surface area contributed by atoms with Crippen molar-refractivity contribution in [3.05, 3.63) is 36.2 Å². The van der Waals surface area contributed by atoms with E-state index in [2.05, 4.69) is 20.5 Å². The van der Waals surface area contributed by atoms with Crippen LogP contribution in [0.3, 0.4) is 0 Å². The number of carbonyl (C=O) groups excluding carboxylic acids is 1. The molecule has 0 spiro atoms. The number of carbonyl (C=O) groups is 1. The van der Waals surface area contributed by atoms with Gasteiger partial charge in [-0.3, -0.25) is 9.89 Å². The van der Waals surface area contributed by atoms with Crippen molar-refractivity contribution in [2.24, 2.45) is 0 Å². The van der Waals surface area contributed by atoms with E-state index >= 15 is 0 Å². The average Bonchev–Trinajstić information content (AvgIpc) is 2.97. The normalized spacial score (nSPS) is 15.8. The molecule has 1 aromatic heterocycles. The highest BCUT2D eigenvalue weighted by Crippen LogP contribution is 2.17. The van der Waals surface area contributed by atoms with Crippen LogP contribution in [-0.2, 0) is 11.2 Å². The Bertz CT molecular complexity index is 587. The van der Waals surface area contributed by atoms with Crippen molar-refractivity contribution in [1.29, 1.82) is 0 Å². The molecule has 1 fully saturated rings. The third-order valence-corrected chi connectivity index (χ3v) is 3.86. The molecule has 3 rings (SSSR count). The van der Waals surface area contributed by atoms with Crippen LogP contribution in [0.15, 0.2) is 30.3 Å². The molecule has 1 amide bonds. The summed E-state index contributed by atoms with van der Waals surface area (Å²) in [6, 6.07) is 10.1. The average molecular weight is 284 g/mol. The fourth-order valence-corrected chi connectivity index (χ4v) is 2.77. The number of nitrogens with zero attached hydrogens (tertiary/aromatic N) is 2. The maximum Gasteiger partial charge on any atom is 0.227 e. The number of hydrogen-bond acceptors (Lipinski definition) is 3. The zero-order valence-corrected chi connectivity index (χ0v) is 12.0. The summed E-state index contributed by atoms with van der Waals surface area (Å²) in [5.74, 6) is 1.27. The second kappa shape index (κ2) is 6.52. The van der Waals surface area contributed by atoms with Crippen molar-refractivity contribution < 1.29 is 4.79 Å². The van der Waals surface area contributed by atoms with Gasteiger partial charge in [0.05, 0.1) is 6.42 Å². The van der Waals surface area contributed by atoms with E-state index in [0.717, 1.165) is 18.4 Å². The summed E-state index contributed by atoms with van der Waals surface area (Å²) in [4.78, 5) is 16.4. The molecule has 1 aromatic carbocycles. The van der Waals surface area contributed by atoms with E-state index in [1.165, 1.54) is 19.3 Å². The highest BCUT2D eigenvalue weighted by molar-refractivity contribution is 5.78. The Balaban J connectivity index is 1.58. The van der Waals surface area contributed by atoms with Crippen molar-refractivity contribution in [2.75, 3.05) is 0 Å². The van der Waals surface area contributed by atoms with Crippen molar-refractivity contribution >= 4 is 5.91 Å². The van der Waals surface area contributed by atoms with E-state index in [1.807, 2.05) is 30.3 Å². The summed E-state index contributed by atoms with van der Waals surface area (Å²) in [7, 11) is 0. The molecule has 1 heterocycles. The van der Waals surface area contributed by atoms with Gasteiger partial charge in [0.1, 0.15) is 5.82 Å². The molecule has 0 bridgehead atoms. The van der Waals surface area contributed by atoms with E-state index in [0.29, 0.717) is 17.7 Å². The summed E-state index contributed by atoms with van der Waals surface area (Å²) < 4.78 is 0. The van der Waals surface area contributed by atoms with Crippen molar-refractivity contribution in [1.82, 2.24) is 20.5 Å². The Kier molecular flexibility index (Phi) is 4.28. The fraction of sp³-hybridized carbons (Fsp3) is 0.438. The lowest BCUT2D eigenvalue weighted by molar-refractivity contribution is -0.121. The van der Waals surface area contributed by atoms with Gasteiger partial charge in [-0.25, -0.2) is 4.98 Å². The minimum Gasteiger partial charge on any atom is -0.353 e. The maximum absolute atomic E-state index is 12.0. The van der Waals surface area contributed by atoms with E-state index in [1.54, 1.807) is 0 Å². The third kappa shape index (κ3) is 3.68. The zero-order chi connectivity index (χ0) is 14.5. The number of amides is 1. The quantitative estimate of drug-likeness (QED) is 0.906. The highest BCUT2D eigenvalue weighted by Gasteiger charge is 2.17. The number of aromatic amines is 1. The molecular weight excluding hydrogens is 264 g/mol. The van der Waals surface area contributed by atoms with E-state index < -0.39 is 0 Å². The Hall–Kier alpha value is -2.17. The lowest BCUT2D eigenvalue weighted by atomic mass is 9.95. The van der Waals surface area contributed by atoms with Crippen LogP contribution in [0.4, 0.5) is 0 Å². The summed E-state index contributed by atoms with van der Waals surface area (Å²) in [6.45, 7) is 0.